The molecule has 138 valence electrons. The van der Waals surface area contributed by atoms with Crippen LogP contribution in [0.25, 0.3) is 10.6 Å². The van der Waals surface area contributed by atoms with Gasteiger partial charge in [0.25, 0.3) is 5.91 Å². The lowest BCUT2D eigenvalue weighted by Crippen LogP contribution is -2.22. The summed E-state index contributed by atoms with van der Waals surface area (Å²) < 4.78 is 0. The standard InChI is InChI=1S/C20H18ClN3O2S/c1-12-18(27-20(22-12)14-4-6-15(21)7-5-14)19(26)23-16-8-10-17(11-9-16)24(3)13(2)25/h4-11H,1-3H3,(H,23,26). The highest BCUT2D eigenvalue weighted by molar-refractivity contribution is 7.17. The third-order valence-corrected chi connectivity index (χ3v) is 5.54. The van der Waals surface area contributed by atoms with E-state index in [4.69, 9.17) is 11.6 Å². The van der Waals surface area contributed by atoms with Crippen molar-refractivity contribution in [1.29, 1.82) is 0 Å². The first-order valence-corrected chi connectivity index (χ1v) is 9.43. The molecular formula is C20H18ClN3O2S. The lowest BCUT2D eigenvalue weighted by molar-refractivity contribution is -0.116. The minimum atomic E-state index is -0.210. The molecule has 1 aromatic heterocycles. The average molecular weight is 400 g/mol. The Bertz CT molecular complexity index is 981. The molecule has 2 aromatic carbocycles. The second kappa shape index (κ2) is 7.90. The molecule has 1 heterocycles. The van der Waals surface area contributed by atoms with Crippen LogP contribution in [0.2, 0.25) is 5.02 Å². The fourth-order valence-corrected chi connectivity index (χ4v) is 3.55. The minimum Gasteiger partial charge on any atom is -0.321 e. The number of nitrogens with zero attached hydrogens (tertiary/aromatic N) is 2. The molecule has 0 saturated carbocycles. The molecule has 0 aliphatic heterocycles. The lowest BCUT2D eigenvalue weighted by atomic mass is 10.2. The molecule has 3 aromatic rings. The summed E-state index contributed by atoms with van der Waals surface area (Å²) in [4.78, 5) is 30.6. The number of benzene rings is 2. The number of carbonyl (C=O) groups is 2. The maximum Gasteiger partial charge on any atom is 0.267 e. The van der Waals surface area contributed by atoms with Crippen molar-refractivity contribution in [3.63, 3.8) is 0 Å². The number of thiazole rings is 1. The Morgan fingerprint density at radius 3 is 2.30 bits per heavy atom. The molecular weight excluding hydrogens is 382 g/mol. The molecule has 3 rings (SSSR count). The van der Waals surface area contributed by atoms with Gasteiger partial charge in [0.1, 0.15) is 9.88 Å². The Morgan fingerprint density at radius 2 is 1.70 bits per heavy atom. The van der Waals surface area contributed by atoms with Crippen molar-refractivity contribution in [2.24, 2.45) is 0 Å². The van der Waals surface area contributed by atoms with Crippen LogP contribution in [-0.4, -0.2) is 23.8 Å². The quantitative estimate of drug-likeness (QED) is 0.670. The number of aryl methyl sites for hydroxylation is 1. The van der Waals surface area contributed by atoms with Gasteiger partial charge in [0.05, 0.1) is 5.69 Å². The highest BCUT2D eigenvalue weighted by Crippen LogP contribution is 2.29. The second-order valence-corrected chi connectivity index (χ2v) is 7.45. The van der Waals surface area contributed by atoms with Crippen molar-refractivity contribution < 1.29 is 9.59 Å². The summed E-state index contributed by atoms with van der Waals surface area (Å²) in [7, 11) is 1.70. The number of hydrogen-bond donors (Lipinski definition) is 1. The van der Waals surface area contributed by atoms with E-state index in [2.05, 4.69) is 10.3 Å². The van der Waals surface area contributed by atoms with E-state index in [1.54, 1.807) is 43.4 Å². The van der Waals surface area contributed by atoms with Gasteiger partial charge in [-0.15, -0.1) is 11.3 Å². The van der Waals surface area contributed by atoms with Gasteiger partial charge in [-0.2, -0.15) is 0 Å². The Hall–Kier alpha value is -2.70. The summed E-state index contributed by atoms with van der Waals surface area (Å²) in [5.74, 6) is -0.264. The average Bonchev–Trinajstić information content (AvgIpc) is 3.04. The maximum atomic E-state index is 12.6. The van der Waals surface area contributed by atoms with Crippen LogP contribution in [0.1, 0.15) is 22.3 Å². The monoisotopic (exact) mass is 399 g/mol. The SMILES string of the molecule is CC(=O)N(C)c1ccc(NC(=O)c2sc(-c3ccc(Cl)cc3)nc2C)cc1. The minimum absolute atomic E-state index is 0.0539. The molecule has 1 N–H and O–H groups in total. The molecule has 0 radical (unpaired) electrons. The zero-order valence-corrected chi connectivity index (χ0v) is 16.7. The summed E-state index contributed by atoms with van der Waals surface area (Å²) >= 11 is 7.26. The highest BCUT2D eigenvalue weighted by atomic mass is 35.5. The van der Waals surface area contributed by atoms with E-state index < -0.39 is 0 Å². The smallest absolute Gasteiger partial charge is 0.267 e. The van der Waals surface area contributed by atoms with Crippen molar-refractivity contribution in [3.8, 4) is 10.6 Å². The van der Waals surface area contributed by atoms with Crippen molar-refractivity contribution in [1.82, 2.24) is 4.98 Å². The van der Waals surface area contributed by atoms with Crippen LogP contribution in [0, 0.1) is 6.92 Å². The molecule has 0 saturated heterocycles. The Balaban J connectivity index is 1.76. The molecule has 0 bridgehead atoms. The van der Waals surface area contributed by atoms with Gasteiger partial charge in [0.2, 0.25) is 5.91 Å². The molecule has 7 heteroatoms. The van der Waals surface area contributed by atoms with Crippen molar-refractivity contribution in [2.75, 3.05) is 17.3 Å². The number of anilines is 2. The van der Waals surface area contributed by atoms with E-state index in [0.717, 1.165) is 16.3 Å². The molecule has 0 aliphatic carbocycles. The van der Waals surface area contributed by atoms with Crippen molar-refractivity contribution in [2.45, 2.75) is 13.8 Å². The van der Waals surface area contributed by atoms with Crippen LogP contribution in [0.4, 0.5) is 11.4 Å². The summed E-state index contributed by atoms with van der Waals surface area (Å²) in [6, 6.07) is 14.5. The number of rotatable bonds is 4. The zero-order chi connectivity index (χ0) is 19.6. The second-order valence-electron chi connectivity index (χ2n) is 6.02. The molecule has 0 aliphatic rings. The summed E-state index contributed by atoms with van der Waals surface area (Å²) in [6.07, 6.45) is 0. The number of aromatic nitrogens is 1. The molecule has 2 amide bonds. The summed E-state index contributed by atoms with van der Waals surface area (Å²) in [5.41, 5.74) is 3.01. The van der Waals surface area contributed by atoms with Gasteiger partial charge in [-0.3, -0.25) is 9.59 Å². The number of amides is 2. The highest BCUT2D eigenvalue weighted by Gasteiger charge is 2.16. The molecule has 0 fully saturated rings. The fraction of sp³-hybridized carbons (Fsp3) is 0.150. The van der Waals surface area contributed by atoms with Gasteiger partial charge in [0.15, 0.2) is 0 Å². The third kappa shape index (κ3) is 4.35. The van der Waals surface area contributed by atoms with Crippen LogP contribution < -0.4 is 10.2 Å². The predicted octanol–water partition coefficient (Wildman–Crippen LogP) is 5.01. The van der Waals surface area contributed by atoms with Gasteiger partial charge in [0, 0.05) is 35.9 Å². The van der Waals surface area contributed by atoms with E-state index in [0.29, 0.717) is 21.3 Å². The Labute approximate surface area is 166 Å². The van der Waals surface area contributed by atoms with Gasteiger partial charge in [-0.1, -0.05) is 23.7 Å². The molecule has 0 atom stereocenters. The molecule has 27 heavy (non-hydrogen) atoms. The van der Waals surface area contributed by atoms with E-state index in [1.807, 2.05) is 19.1 Å². The first-order chi connectivity index (χ1) is 12.8. The molecule has 5 nitrogen and oxygen atoms in total. The maximum absolute atomic E-state index is 12.6. The number of halogens is 1. The Morgan fingerprint density at radius 1 is 1.07 bits per heavy atom. The summed E-state index contributed by atoms with van der Waals surface area (Å²) in [5, 5.41) is 4.30. The van der Waals surface area contributed by atoms with E-state index in [1.165, 1.54) is 23.2 Å². The van der Waals surface area contributed by atoms with Crippen molar-refractivity contribution in [3.05, 3.63) is 64.1 Å². The largest absolute Gasteiger partial charge is 0.321 e. The zero-order valence-electron chi connectivity index (χ0n) is 15.1. The van der Waals surface area contributed by atoms with Crippen molar-refractivity contribution >= 4 is 46.1 Å². The van der Waals surface area contributed by atoms with Gasteiger partial charge < -0.3 is 10.2 Å². The summed E-state index contributed by atoms with van der Waals surface area (Å²) in [6.45, 7) is 3.32. The number of carbonyl (C=O) groups excluding carboxylic acids is 2. The van der Waals surface area contributed by atoms with Crippen LogP contribution in [0.15, 0.2) is 48.5 Å². The van der Waals surface area contributed by atoms with Gasteiger partial charge in [-0.05, 0) is 43.3 Å². The predicted molar refractivity (Wildman–Crippen MR) is 111 cm³/mol. The normalized spacial score (nSPS) is 10.5. The first kappa shape index (κ1) is 19.1. The van der Waals surface area contributed by atoms with E-state index >= 15 is 0 Å². The van der Waals surface area contributed by atoms with Crippen LogP contribution >= 0.6 is 22.9 Å². The lowest BCUT2D eigenvalue weighted by Gasteiger charge is -2.15. The van der Waals surface area contributed by atoms with E-state index in [9.17, 15) is 9.59 Å². The Kier molecular flexibility index (Phi) is 5.58. The van der Waals surface area contributed by atoms with Crippen LogP contribution in [0.3, 0.4) is 0 Å². The third-order valence-electron chi connectivity index (χ3n) is 4.08. The van der Waals surface area contributed by atoms with Gasteiger partial charge >= 0.3 is 0 Å². The van der Waals surface area contributed by atoms with Gasteiger partial charge in [-0.25, -0.2) is 4.98 Å². The number of nitrogens with one attached hydrogen (secondary N) is 1. The fourth-order valence-electron chi connectivity index (χ4n) is 2.46. The van der Waals surface area contributed by atoms with Crippen LogP contribution in [-0.2, 0) is 4.79 Å². The van der Waals surface area contributed by atoms with E-state index in [-0.39, 0.29) is 11.8 Å². The molecule has 0 unspecified atom stereocenters. The molecule has 0 spiro atoms. The first-order valence-electron chi connectivity index (χ1n) is 8.24. The number of hydrogen-bond acceptors (Lipinski definition) is 4. The van der Waals surface area contributed by atoms with Crippen LogP contribution in [0.5, 0.6) is 0 Å². The topological polar surface area (TPSA) is 62.3 Å².